The predicted octanol–water partition coefficient (Wildman–Crippen LogP) is 4.73. The average molecular weight is 461 g/mol. The van der Waals surface area contributed by atoms with Crippen molar-refractivity contribution in [2.24, 2.45) is 0 Å². The number of nitrogens with zero attached hydrogens (tertiary/aromatic N) is 4. The first-order chi connectivity index (χ1) is 11.3. The van der Waals surface area contributed by atoms with E-state index in [0.717, 1.165) is 30.2 Å². The smallest absolute Gasteiger partial charge is 0.512 e. The van der Waals surface area contributed by atoms with Crippen LogP contribution < -0.4 is 0 Å². The summed E-state index contributed by atoms with van der Waals surface area (Å²) in [7, 11) is 0. The van der Waals surface area contributed by atoms with Crippen LogP contribution >= 0.6 is 35.3 Å². The Labute approximate surface area is 168 Å². The molecule has 1 aliphatic rings. The Bertz CT molecular complexity index is 697. The largest absolute Gasteiger partial charge is 1.00 e. The summed E-state index contributed by atoms with van der Waals surface area (Å²) < 4.78 is 0. The van der Waals surface area contributed by atoms with Gasteiger partial charge in [-0.15, -0.1) is 0 Å². The first-order valence-electron chi connectivity index (χ1n) is 6.52. The van der Waals surface area contributed by atoms with Gasteiger partial charge in [0, 0.05) is 0 Å². The zero-order valence-corrected chi connectivity index (χ0v) is 15.9. The fourth-order valence-corrected chi connectivity index (χ4v) is 4.41. The number of rotatable bonds is 0. The first-order valence-corrected chi connectivity index (χ1v) is 8.97. The fraction of sp³-hybridized carbons (Fsp3) is 0. The van der Waals surface area contributed by atoms with Crippen molar-refractivity contribution >= 4 is 35.3 Å². The quantitative estimate of drug-likeness (QED) is 0.277. The van der Waals surface area contributed by atoms with Crippen molar-refractivity contribution in [3.05, 3.63) is 61.2 Å². The molecule has 3 aromatic heterocycles. The Balaban J connectivity index is 0.000000670. The number of hydrogen-bond donors (Lipinski definition) is 0. The van der Waals surface area contributed by atoms with Gasteiger partial charge >= 0.3 is 22.4 Å². The molecule has 4 nitrogen and oxygen atoms in total. The van der Waals surface area contributed by atoms with Gasteiger partial charge in [0.2, 0.25) is 0 Å². The molecule has 24 heavy (non-hydrogen) atoms. The molecule has 122 valence electrons. The average Bonchev–Trinajstić information content (AvgIpc) is 2.57. The van der Waals surface area contributed by atoms with Crippen LogP contribution in [0.25, 0.3) is 0 Å². The van der Waals surface area contributed by atoms with Crippen molar-refractivity contribution in [3.63, 3.8) is 0 Å². The molecular weight excluding hydrogens is 452 g/mol. The molecule has 0 unspecified atom stereocenters. The van der Waals surface area contributed by atoms with Gasteiger partial charge in [-0.05, 0) is 36.4 Å². The van der Waals surface area contributed by atoms with E-state index >= 15 is 0 Å². The van der Waals surface area contributed by atoms with E-state index < -0.39 is 0 Å². The molecule has 4 heterocycles. The van der Waals surface area contributed by atoms with Gasteiger partial charge < -0.3 is 11.8 Å². The molecule has 0 N–H and O–H groups in total. The molecule has 0 radical (unpaired) electrons. The summed E-state index contributed by atoms with van der Waals surface area (Å²) >= 11 is 4.75. The van der Waals surface area contributed by atoms with Crippen molar-refractivity contribution in [1.29, 1.82) is 5.26 Å². The van der Waals surface area contributed by atoms with Crippen LogP contribution in [0.1, 0.15) is 0 Å². The van der Waals surface area contributed by atoms with Gasteiger partial charge in [-0.25, -0.2) is 15.0 Å². The first kappa shape index (κ1) is 19.1. The van der Waals surface area contributed by atoms with Crippen molar-refractivity contribution < 1.29 is 22.4 Å². The monoisotopic (exact) mass is 460 g/mol. The zero-order chi connectivity index (χ0) is 16.1. The van der Waals surface area contributed by atoms with Crippen LogP contribution in [0.5, 0.6) is 0 Å². The molecule has 0 amide bonds. The predicted molar refractivity (Wildman–Crippen MR) is 90.0 cm³/mol. The van der Waals surface area contributed by atoms with E-state index in [2.05, 4.69) is 15.0 Å². The van der Waals surface area contributed by atoms with Gasteiger partial charge in [0.05, 0.1) is 0 Å². The Hall–Kier alpha value is -1.27. The maximum atomic E-state index is 6.25. The second kappa shape index (κ2) is 9.28. The van der Waals surface area contributed by atoms with Gasteiger partial charge in [-0.1, -0.05) is 53.5 Å². The van der Waals surface area contributed by atoms with Crippen molar-refractivity contribution in [1.82, 2.24) is 15.0 Å². The van der Waals surface area contributed by atoms with E-state index in [1.54, 1.807) is 35.3 Å². The third-order valence-electron chi connectivity index (χ3n) is 2.72. The van der Waals surface area contributed by atoms with Gasteiger partial charge in [-0.2, -0.15) is 0 Å². The third kappa shape index (κ3) is 4.86. The Morgan fingerprint density at radius 2 is 0.750 bits per heavy atom. The van der Waals surface area contributed by atoms with Crippen LogP contribution in [0, 0.1) is 11.8 Å². The molecule has 1 aliphatic heterocycles. The minimum absolute atomic E-state index is 0. The van der Waals surface area contributed by atoms with Crippen LogP contribution in [0.4, 0.5) is 0 Å². The molecule has 6 bridgehead atoms. The van der Waals surface area contributed by atoms with Crippen molar-refractivity contribution in [2.45, 2.75) is 30.2 Å². The maximum Gasteiger partial charge on any atom is 1.00 e. The zero-order valence-electron chi connectivity index (χ0n) is 12.0. The fourth-order valence-electron chi connectivity index (χ4n) is 1.85. The van der Waals surface area contributed by atoms with Gasteiger partial charge in [0.15, 0.2) is 0 Å². The molecule has 0 saturated heterocycles. The summed E-state index contributed by atoms with van der Waals surface area (Å²) in [6, 6.07) is 18.1. The number of pyridine rings is 3. The van der Waals surface area contributed by atoms with Crippen LogP contribution in [0.2, 0.25) is 0 Å². The van der Waals surface area contributed by atoms with E-state index in [0.29, 0.717) is 0 Å². The normalized spacial score (nSPS) is 11.6. The summed E-state index contributed by atoms with van der Waals surface area (Å²) in [6.07, 6.45) is 0. The molecule has 0 fully saturated rings. The molecule has 0 saturated carbocycles. The van der Waals surface area contributed by atoms with Gasteiger partial charge in [-0.3, -0.25) is 0 Å². The van der Waals surface area contributed by atoms with E-state index in [4.69, 9.17) is 11.8 Å². The minimum Gasteiger partial charge on any atom is -0.512 e. The number of aromatic nitrogens is 3. The molecular formula is C16H9AgN4S3. The molecule has 0 atom stereocenters. The van der Waals surface area contributed by atoms with Crippen LogP contribution in [-0.4, -0.2) is 15.0 Å². The minimum atomic E-state index is 0. The van der Waals surface area contributed by atoms with E-state index in [9.17, 15) is 0 Å². The Kier molecular flexibility index (Phi) is 7.37. The van der Waals surface area contributed by atoms with Crippen molar-refractivity contribution in [2.75, 3.05) is 0 Å². The van der Waals surface area contributed by atoms with Crippen LogP contribution in [0.15, 0.2) is 84.8 Å². The van der Waals surface area contributed by atoms with Gasteiger partial charge in [0.25, 0.3) is 0 Å². The van der Waals surface area contributed by atoms with Crippen molar-refractivity contribution in [3.8, 4) is 0 Å². The summed E-state index contributed by atoms with van der Waals surface area (Å²) in [5, 5.41) is 12.0. The molecule has 0 aromatic carbocycles. The van der Waals surface area contributed by atoms with Crippen LogP contribution in [-0.2, 0) is 22.4 Å². The topological polar surface area (TPSA) is 62.5 Å². The van der Waals surface area contributed by atoms with E-state index in [1.807, 2.05) is 54.6 Å². The summed E-state index contributed by atoms with van der Waals surface area (Å²) in [6.45, 7) is 4.75. The molecule has 0 spiro atoms. The molecule has 4 rings (SSSR count). The maximum absolute atomic E-state index is 6.25. The number of hydrogen-bond acceptors (Lipinski definition) is 7. The summed E-state index contributed by atoms with van der Waals surface area (Å²) in [4.78, 5) is 14.0. The van der Waals surface area contributed by atoms with E-state index in [-0.39, 0.29) is 22.4 Å². The van der Waals surface area contributed by atoms with Gasteiger partial charge in [0.1, 0.15) is 30.2 Å². The van der Waals surface area contributed by atoms with E-state index in [1.165, 1.54) is 0 Å². The molecule has 8 heteroatoms. The molecule has 0 aliphatic carbocycles. The second-order valence-electron chi connectivity index (χ2n) is 4.25. The Morgan fingerprint density at radius 1 is 0.542 bits per heavy atom. The third-order valence-corrected chi connectivity index (χ3v) is 5.34. The number of fused-ring (bicyclic) bond motifs is 6. The standard InChI is InChI=1S/C15H9N3S3.CN.Ag/c1-4-10-16-11(5-1)20-13-7-3-9-15(18-13)21-14-8-2-6-12(17-14)19-10;1-2;/h1-9H;;/q;-1;+1. The van der Waals surface area contributed by atoms with Crippen LogP contribution in [0.3, 0.4) is 0 Å². The Morgan fingerprint density at radius 3 is 0.958 bits per heavy atom. The molecule has 3 aromatic rings. The SMILES string of the molecule is [Ag+].[C-]#N.c1cc2nc(c1)Sc1cccc(n1)Sc1cccc(n1)S2. The second-order valence-corrected chi connectivity index (χ2v) is 7.37. The summed E-state index contributed by atoms with van der Waals surface area (Å²) in [5.41, 5.74) is 0. The summed E-state index contributed by atoms with van der Waals surface area (Å²) in [5.74, 6) is 0.